The summed E-state index contributed by atoms with van der Waals surface area (Å²) in [6.45, 7) is 4.78. The molecule has 0 aromatic rings. The van der Waals surface area contributed by atoms with E-state index in [2.05, 4.69) is 4.90 Å². The third kappa shape index (κ3) is 2.03. The summed E-state index contributed by atoms with van der Waals surface area (Å²) in [7, 11) is 0. The van der Waals surface area contributed by atoms with E-state index in [0.717, 1.165) is 44.8 Å². The first-order valence-electron chi connectivity index (χ1n) is 5.43. The van der Waals surface area contributed by atoms with Gasteiger partial charge in [0.1, 0.15) is 0 Å². The van der Waals surface area contributed by atoms with Crippen molar-refractivity contribution in [2.75, 3.05) is 32.8 Å². The second kappa shape index (κ2) is 4.40. The van der Waals surface area contributed by atoms with Crippen molar-refractivity contribution in [3.8, 4) is 0 Å². The van der Waals surface area contributed by atoms with Crippen LogP contribution in [0.3, 0.4) is 0 Å². The highest BCUT2D eigenvalue weighted by Gasteiger charge is 2.33. The van der Waals surface area contributed by atoms with Crippen LogP contribution < -0.4 is 5.73 Å². The molecule has 2 aliphatic rings. The van der Waals surface area contributed by atoms with Crippen molar-refractivity contribution in [2.45, 2.75) is 25.3 Å². The van der Waals surface area contributed by atoms with Gasteiger partial charge in [0, 0.05) is 25.7 Å². The lowest BCUT2D eigenvalue weighted by atomic mass is 10.0. The molecular formula is C10H20N2O. The Balaban J connectivity index is 1.98. The Kier molecular flexibility index (Phi) is 3.19. The lowest BCUT2D eigenvalue weighted by molar-refractivity contribution is 0.120. The molecule has 1 aliphatic heterocycles. The molecule has 2 rings (SSSR count). The number of hydrogen-bond donors (Lipinski definition) is 1. The second-order valence-electron chi connectivity index (χ2n) is 4.16. The van der Waals surface area contributed by atoms with Crippen LogP contribution in [0.2, 0.25) is 0 Å². The van der Waals surface area contributed by atoms with Crippen molar-refractivity contribution in [1.29, 1.82) is 0 Å². The van der Waals surface area contributed by atoms with Crippen LogP contribution in [0.15, 0.2) is 0 Å². The Morgan fingerprint density at radius 2 is 2.31 bits per heavy atom. The first-order valence-corrected chi connectivity index (χ1v) is 5.43. The summed E-state index contributed by atoms with van der Waals surface area (Å²) in [5, 5.41) is 0. The SMILES string of the molecule is NCCN1CCOC[C@@H]2CCC[C@@H]21. The molecule has 0 radical (unpaired) electrons. The van der Waals surface area contributed by atoms with Gasteiger partial charge in [-0.25, -0.2) is 0 Å². The van der Waals surface area contributed by atoms with Crippen LogP contribution >= 0.6 is 0 Å². The number of nitrogens with two attached hydrogens (primary N) is 1. The Morgan fingerprint density at radius 3 is 3.15 bits per heavy atom. The predicted octanol–water partition coefficient (Wildman–Crippen LogP) is 0.446. The van der Waals surface area contributed by atoms with E-state index in [-0.39, 0.29) is 0 Å². The quantitative estimate of drug-likeness (QED) is 0.677. The summed E-state index contributed by atoms with van der Waals surface area (Å²) in [5.41, 5.74) is 5.61. The molecule has 0 aromatic carbocycles. The molecule has 2 fully saturated rings. The van der Waals surface area contributed by atoms with Gasteiger partial charge in [0.15, 0.2) is 0 Å². The fraction of sp³-hybridized carbons (Fsp3) is 1.00. The topological polar surface area (TPSA) is 38.5 Å². The molecule has 1 saturated carbocycles. The molecule has 0 bridgehead atoms. The van der Waals surface area contributed by atoms with Gasteiger partial charge in [0.25, 0.3) is 0 Å². The molecule has 2 N–H and O–H groups in total. The fourth-order valence-corrected chi connectivity index (χ4v) is 2.72. The molecular weight excluding hydrogens is 164 g/mol. The van der Waals surface area contributed by atoms with Gasteiger partial charge < -0.3 is 10.5 Å². The van der Waals surface area contributed by atoms with Crippen LogP contribution in [0.5, 0.6) is 0 Å². The number of ether oxygens (including phenoxy) is 1. The molecule has 2 atom stereocenters. The van der Waals surface area contributed by atoms with Gasteiger partial charge in [-0.1, -0.05) is 6.42 Å². The molecule has 1 heterocycles. The van der Waals surface area contributed by atoms with E-state index >= 15 is 0 Å². The Labute approximate surface area is 80.2 Å². The van der Waals surface area contributed by atoms with Crippen molar-refractivity contribution in [3.05, 3.63) is 0 Å². The zero-order valence-electron chi connectivity index (χ0n) is 8.24. The zero-order chi connectivity index (χ0) is 9.10. The van der Waals surface area contributed by atoms with Crippen LogP contribution in [0.4, 0.5) is 0 Å². The molecule has 3 heteroatoms. The molecule has 13 heavy (non-hydrogen) atoms. The normalized spacial score (nSPS) is 35.8. The van der Waals surface area contributed by atoms with Crippen molar-refractivity contribution in [3.63, 3.8) is 0 Å². The fourth-order valence-electron chi connectivity index (χ4n) is 2.72. The maximum Gasteiger partial charge on any atom is 0.0593 e. The standard InChI is InChI=1S/C10H20N2O/c11-4-5-12-6-7-13-8-9-2-1-3-10(9)12/h9-10H,1-8,11H2/t9-,10-/m0/s1. The second-order valence-corrected chi connectivity index (χ2v) is 4.16. The Bertz CT molecular complexity index is 163. The van der Waals surface area contributed by atoms with Crippen molar-refractivity contribution in [2.24, 2.45) is 11.7 Å². The third-order valence-electron chi connectivity index (χ3n) is 3.36. The average Bonchev–Trinajstić information content (AvgIpc) is 2.52. The largest absolute Gasteiger partial charge is 0.380 e. The molecule has 0 aromatic heterocycles. The van der Waals surface area contributed by atoms with E-state index in [9.17, 15) is 0 Å². The lowest BCUT2D eigenvalue weighted by Crippen LogP contribution is -2.41. The van der Waals surface area contributed by atoms with Gasteiger partial charge >= 0.3 is 0 Å². The summed E-state index contributed by atoms with van der Waals surface area (Å²) >= 11 is 0. The highest BCUT2D eigenvalue weighted by Crippen LogP contribution is 2.31. The van der Waals surface area contributed by atoms with E-state index in [1.807, 2.05) is 0 Å². The van der Waals surface area contributed by atoms with Gasteiger partial charge in [-0.05, 0) is 18.8 Å². The monoisotopic (exact) mass is 184 g/mol. The lowest BCUT2D eigenvalue weighted by Gasteiger charge is -2.29. The highest BCUT2D eigenvalue weighted by molar-refractivity contribution is 4.87. The number of rotatable bonds is 2. The van der Waals surface area contributed by atoms with E-state index < -0.39 is 0 Å². The molecule has 0 unspecified atom stereocenters. The maximum atomic E-state index is 5.61. The molecule has 0 spiro atoms. The minimum atomic E-state index is 0.769. The molecule has 76 valence electrons. The molecule has 3 nitrogen and oxygen atoms in total. The molecule has 0 amide bonds. The first-order chi connectivity index (χ1) is 6.42. The van der Waals surface area contributed by atoms with Crippen LogP contribution in [-0.4, -0.2) is 43.8 Å². The van der Waals surface area contributed by atoms with Gasteiger partial charge in [0.05, 0.1) is 13.2 Å². The number of nitrogens with zero attached hydrogens (tertiary/aromatic N) is 1. The smallest absolute Gasteiger partial charge is 0.0593 e. The predicted molar refractivity (Wildman–Crippen MR) is 52.6 cm³/mol. The van der Waals surface area contributed by atoms with E-state index in [1.165, 1.54) is 19.3 Å². The molecule has 1 saturated heterocycles. The zero-order valence-corrected chi connectivity index (χ0v) is 8.24. The minimum absolute atomic E-state index is 0.769. The van der Waals surface area contributed by atoms with Gasteiger partial charge in [-0.2, -0.15) is 0 Å². The van der Waals surface area contributed by atoms with E-state index in [1.54, 1.807) is 0 Å². The third-order valence-corrected chi connectivity index (χ3v) is 3.36. The number of fused-ring (bicyclic) bond motifs is 1. The van der Waals surface area contributed by atoms with Gasteiger partial charge in [0.2, 0.25) is 0 Å². The summed E-state index contributed by atoms with van der Waals surface area (Å²) < 4.78 is 5.60. The van der Waals surface area contributed by atoms with E-state index in [0.29, 0.717) is 0 Å². The number of hydrogen-bond acceptors (Lipinski definition) is 3. The minimum Gasteiger partial charge on any atom is -0.380 e. The highest BCUT2D eigenvalue weighted by atomic mass is 16.5. The summed E-state index contributed by atoms with van der Waals surface area (Å²) in [6.07, 6.45) is 4.08. The summed E-state index contributed by atoms with van der Waals surface area (Å²) in [6, 6.07) is 0.769. The summed E-state index contributed by atoms with van der Waals surface area (Å²) in [5.74, 6) is 0.786. The Morgan fingerprint density at radius 1 is 1.38 bits per heavy atom. The van der Waals surface area contributed by atoms with Crippen molar-refractivity contribution in [1.82, 2.24) is 4.90 Å². The average molecular weight is 184 g/mol. The Hall–Kier alpha value is -0.120. The van der Waals surface area contributed by atoms with Crippen LogP contribution in [-0.2, 0) is 4.74 Å². The van der Waals surface area contributed by atoms with Crippen molar-refractivity contribution >= 4 is 0 Å². The van der Waals surface area contributed by atoms with Gasteiger partial charge in [-0.15, -0.1) is 0 Å². The van der Waals surface area contributed by atoms with Crippen molar-refractivity contribution < 1.29 is 4.74 Å². The van der Waals surface area contributed by atoms with E-state index in [4.69, 9.17) is 10.5 Å². The van der Waals surface area contributed by atoms with Gasteiger partial charge in [-0.3, -0.25) is 4.90 Å². The maximum absolute atomic E-state index is 5.61. The van der Waals surface area contributed by atoms with Crippen LogP contribution in [0, 0.1) is 5.92 Å². The van der Waals surface area contributed by atoms with Crippen LogP contribution in [0.25, 0.3) is 0 Å². The summed E-state index contributed by atoms with van der Waals surface area (Å²) in [4.78, 5) is 2.53. The first kappa shape index (κ1) is 9.44. The van der Waals surface area contributed by atoms with Crippen LogP contribution in [0.1, 0.15) is 19.3 Å². The molecule has 1 aliphatic carbocycles.